The molecule has 22 heavy (non-hydrogen) atoms. The predicted molar refractivity (Wildman–Crippen MR) is 79.1 cm³/mol. The molecular formula is C14H14N4O4. The van der Waals surface area contributed by atoms with Gasteiger partial charge in [-0.1, -0.05) is 6.07 Å². The number of benzene rings is 1. The molecule has 114 valence electrons. The number of hydrogen-bond acceptors (Lipinski definition) is 7. The molecule has 0 radical (unpaired) electrons. The molecule has 0 atom stereocenters. The molecule has 2 aromatic rings. The van der Waals surface area contributed by atoms with Crippen molar-refractivity contribution in [2.75, 3.05) is 24.9 Å². The molecule has 0 fully saturated rings. The fraction of sp³-hybridized carbons (Fsp3) is 0.143. The van der Waals surface area contributed by atoms with Crippen LogP contribution in [0.2, 0.25) is 0 Å². The minimum Gasteiger partial charge on any atom is -0.465 e. The number of anilines is 3. The highest BCUT2D eigenvalue weighted by Crippen LogP contribution is 2.17. The van der Waals surface area contributed by atoms with E-state index >= 15 is 0 Å². The molecule has 0 unspecified atom stereocenters. The van der Waals surface area contributed by atoms with Gasteiger partial charge in [0, 0.05) is 5.69 Å². The Bertz CT molecular complexity index is 673. The second-order valence-corrected chi connectivity index (χ2v) is 4.12. The van der Waals surface area contributed by atoms with Gasteiger partial charge >= 0.3 is 12.1 Å². The van der Waals surface area contributed by atoms with E-state index in [0.717, 1.165) is 0 Å². The van der Waals surface area contributed by atoms with Gasteiger partial charge < -0.3 is 14.8 Å². The minimum atomic E-state index is -0.624. The van der Waals surface area contributed by atoms with Crippen LogP contribution in [-0.2, 0) is 9.47 Å². The summed E-state index contributed by atoms with van der Waals surface area (Å²) in [5.41, 5.74) is 1.08. The Hall–Kier alpha value is -3.16. The fourth-order valence-corrected chi connectivity index (χ4v) is 1.61. The first-order valence-corrected chi connectivity index (χ1v) is 6.26. The van der Waals surface area contributed by atoms with Gasteiger partial charge in [0.15, 0.2) is 11.6 Å². The third kappa shape index (κ3) is 3.92. The van der Waals surface area contributed by atoms with Crippen LogP contribution in [0.1, 0.15) is 10.4 Å². The molecule has 0 saturated carbocycles. The largest absolute Gasteiger partial charge is 0.465 e. The number of esters is 1. The van der Waals surface area contributed by atoms with Crippen molar-refractivity contribution in [3.05, 3.63) is 42.0 Å². The maximum absolute atomic E-state index is 11.5. The summed E-state index contributed by atoms with van der Waals surface area (Å²) in [6, 6.07) is 9.96. The van der Waals surface area contributed by atoms with Crippen molar-refractivity contribution < 1.29 is 19.1 Å². The molecule has 0 aliphatic rings. The molecule has 1 amide bonds. The van der Waals surface area contributed by atoms with Gasteiger partial charge in [-0.3, -0.25) is 5.32 Å². The Morgan fingerprint density at radius 2 is 1.73 bits per heavy atom. The predicted octanol–water partition coefficient (Wildman–Crippen LogP) is 2.19. The van der Waals surface area contributed by atoms with Crippen molar-refractivity contribution in [2.45, 2.75) is 0 Å². The molecule has 1 aromatic carbocycles. The van der Waals surface area contributed by atoms with E-state index in [1.54, 1.807) is 36.4 Å². The van der Waals surface area contributed by atoms with Gasteiger partial charge in [-0.2, -0.15) is 0 Å². The highest BCUT2D eigenvalue weighted by atomic mass is 16.5. The van der Waals surface area contributed by atoms with Crippen LogP contribution in [0.3, 0.4) is 0 Å². The molecule has 2 rings (SSSR count). The number of ether oxygens (including phenoxy) is 2. The molecule has 2 N–H and O–H groups in total. The SMILES string of the molecule is COC(=O)Nc1ccc(Nc2cccc(C(=O)OC)c2)nn1. The van der Waals surface area contributed by atoms with E-state index in [1.807, 2.05) is 0 Å². The quantitative estimate of drug-likeness (QED) is 0.834. The van der Waals surface area contributed by atoms with Crippen molar-refractivity contribution >= 4 is 29.4 Å². The van der Waals surface area contributed by atoms with Gasteiger partial charge in [-0.25, -0.2) is 9.59 Å². The van der Waals surface area contributed by atoms with E-state index in [2.05, 4.69) is 30.3 Å². The molecule has 0 saturated heterocycles. The molecule has 0 aliphatic heterocycles. The zero-order chi connectivity index (χ0) is 15.9. The fourth-order valence-electron chi connectivity index (χ4n) is 1.61. The van der Waals surface area contributed by atoms with Gasteiger partial charge in [-0.05, 0) is 30.3 Å². The summed E-state index contributed by atoms with van der Waals surface area (Å²) in [5, 5.41) is 13.1. The average molecular weight is 302 g/mol. The Morgan fingerprint density at radius 1 is 1.00 bits per heavy atom. The number of amides is 1. The summed E-state index contributed by atoms with van der Waals surface area (Å²) in [7, 11) is 2.58. The Kier molecular flexibility index (Phi) is 4.86. The summed E-state index contributed by atoms with van der Waals surface area (Å²) in [5.74, 6) is 0.297. The van der Waals surface area contributed by atoms with Crippen molar-refractivity contribution in [2.24, 2.45) is 0 Å². The van der Waals surface area contributed by atoms with Gasteiger partial charge in [0.25, 0.3) is 0 Å². The third-order valence-electron chi connectivity index (χ3n) is 2.64. The zero-order valence-corrected chi connectivity index (χ0v) is 12.0. The number of rotatable bonds is 4. The Labute approximate surface area is 126 Å². The maximum Gasteiger partial charge on any atom is 0.412 e. The van der Waals surface area contributed by atoms with Crippen LogP contribution in [0.5, 0.6) is 0 Å². The van der Waals surface area contributed by atoms with Crippen LogP contribution in [0.15, 0.2) is 36.4 Å². The standard InChI is InChI=1S/C14H14N4O4/c1-21-13(19)9-4-3-5-10(8-9)15-11-6-7-12(18-17-11)16-14(20)22-2/h3-8H,1-2H3,(H,15,17)(H,16,18,20). The highest BCUT2D eigenvalue weighted by molar-refractivity contribution is 5.90. The van der Waals surface area contributed by atoms with E-state index in [-0.39, 0.29) is 5.82 Å². The number of methoxy groups -OCH3 is 2. The highest BCUT2D eigenvalue weighted by Gasteiger charge is 2.07. The van der Waals surface area contributed by atoms with Gasteiger partial charge in [-0.15, -0.1) is 10.2 Å². The third-order valence-corrected chi connectivity index (χ3v) is 2.64. The Balaban J connectivity index is 2.07. The average Bonchev–Trinajstić information content (AvgIpc) is 2.56. The number of nitrogens with one attached hydrogen (secondary N) is 2. The summed E-state index contributed by atoms with van der Waals surface area (Å²) in [6.07, 6.45) is -0.624. The number of hydrogen-bond donors (Lipinski definition) is 2. The first kappa shape index (κ1) is 15.2. The minimum absolute atomic E-state index is 0.265. The van der Waals surface area contributed by atoms with Gasteiger partial charge in [0.2, 0.25) is 0 Å². The number of carbonyl (C=O) groups excluding carboxylic acids is 2. The number of nitrogens with zero attached hydrogens (tertiary/aromatic N) is 2. The first-order valence-electron chi connectivity index (χ1n) is 6.26. The summed E-state index contributed by atoms with van der Waals surface area (Å²) < 4.78 is 9.11. The normalized spacial score (nSPS) is 9.73. The molecule has 8 heteroatoms. The summed E-state index contributed by atoms with van der Waals surface area (Å²) >= 11 is 0. The van der Waals surface area contributed by atoms with E-state index < -0.39 is 12.1 Å². The summed E-state index contributed by atoms with van der Waals surface area (Å²) in [4.78, 5) is 22.5. The molecule has 8 nitrogen and oxygen atoms in total. The molecule has 0 spiro atoms. The summed E-state index contributed by atoms with van der Waals surface area (Å²) in [6.45, 7) is 0. The Morgan fingerprint density at radius 3 is 2.36 bits per heavy atom. The second-order valence-electron chi connectivity index (χ2n) is 4.12. The van der Waals surface area contributed by atoms with Crippen LogP contribution in [-0.4, -0.2) is 36.5 Å². The molecule has 0 bridgehead atoms. The topological polar surface area (TPSA) is 102 Å². The number of aromatic nitrogens is 2. The van der Waals surface area contributed by atoms with Crippen LogP contribution in [0.4, 0.5) is 22.1 Å². The van der Waals surface area contributed by atoms with Crippen molar-refractivity contribution in [3.8, 4) is 0 Å². The smallest absolute Gasteiger partial charge is 0.412 e. The zero-order valence-electron chi connectivity index (χ0n) is 12.0. The van der Waals surface area contributed by atoms with Gasteiger partial charge in [0.05, 0.1) is 19.8 Å². The molecular weight excluding hydrogens is 288 g/mol. The first-order chi connectivity index (χ1) is 10.6. The van der Waals surface area contributed by atoms with Crippen molar-refractivity contribution in [1.29, 1.82) is 0 Å². The van der Waals surface area contributed by atoms with Crippen LogP contribution in [0, 0.1) is 0 Å². The molecule has 1 heterocycles. The van der Waals surface area contributed by atoms with E-state index in [1.165, 1.54) is 14.2 Å². The lowest BCUT2D eigenvalue weighted by atomic mass is 10.2. The van der Waals surface area contributed by atoms with E-state index in [0.29, 0.717) is 17.1 Å². The number of carbonyl (C=O) groups is 2. The van der Waals surface area contributed by atoms with E-state index in [9.17, 15) is 9.59 Å². The van der Waals surface area contributed by atoms with Crippen LogP contribution >= 0.6 is 0 Å². The lowest BCUT2D eigenvalue weighted by Crippen LogP contribution is -2.12. The van der Waals surface area contributed by atoms with Crippen LogP contribution < -0.4 is 10.6 Å². The molecule has 0 aliphatic carbocycles. The maximum atomic E-state index is 11.5. The van der Waals surface area contributed by atoms with Crippen molar-refractivity contribution in [1.82, 2.24) is 10.2 Å². The molecule has 1 aromatic heterocycles. The van der Waals surface area contributed by atoms with E-state index in [4.69, 9.17) is 0 Å². The second kappa shape index (κ2) is 7.02. The van der Waals surface area contributed by atoms with Crippen LogP contribution in [0.25, 0.3) is 0 Å². The van der Waals surface area contributed by atoms with Crippen molar-refractivity contribution in [3.63, 3.8) is 0 Å². The lowest BCUT2D eigenvalue weighted by Gasteiger charge is -2.07. The van der Waals surface area contributed by atoms with Gasteiger partial charge in [0.1, 0.15) is 0 Å². The monoisotopic (exact) mass is 302 g/mol. The lowest BCUT2D eigenvalue weighted by molar-refractivity contribution is 0.0600.